The molecule has 1 saturated heterocycles. The third-order valence-electron chi connectivity index (χ3n) is 6.63. The van der Waals surface area contributed by atoms with E-state index in [1.54, 1.807) is 6.07 Å². The number of rotatable bonds is 7. The normalized spacial score (nSPS) is 26.0. The maximum absolute atomic E-state index is 12.6. The molecule has 2 heterocycles. The summed E-state index contributed by atoms with van der Waals surface area (Å²) < 4.78 is 5.26. The van der Waals surface area contributed by atoms with Gasteiger partial charge in [0.05, 0.1) is 0 Å². The number of nitrogens with zero attached hydrogens (tertiary/aromatic N) is 2. The van der Waals surface area contributed by atoms with Crippen molar-refractivity contribution in [1.82, 2.24) is 20.7 Å². The van der Waals surface area contributed by atoms with Crippen LogP contribution in [0, 0.1) is 5.92 Å². The molecule has 3 aliphatic rings. The summed E-state index contributed by atoms with van der Waals surface area (Å²) >= 11 is 0. The summed E-state index contributed by atoms with van der Waals surface area (Å²) in [4.78, 5) is 27.6. The number of carbonyl (C=O) groups is 2. The zero-order valence-corrected chi connectivity index (χ0v) is 17.7. The first kappa shape index (κ1) is 20.4. The minimum Gasteiger partial charge on any atom is -0.360 e. The molecular weight excluding hydrogens is 368 g/mol. The second kappa shape index (κ2) is 8.86. The number of hydrogen-bond donors (Lipinski definition) is 2. The van der Waals surface area contributed by atoms with Gasteiger partial charge in [0, 0.05) is 49.1 Å². The Morgan fingerprint density at radius 1 is 1.21 bits per heavy atom. The van der Waals surface area contributed by atoms with E-state index in [1.807, 2.05) is 13.8 Å². The molecule has 1 aliphatic heterocycles. The first-order chi connectivity index (χ1) is 14.0. The molecule has 2 N–H and O–H groups in total. The van der Waals surface area contributed by atoms with Crippen LogP contribution in [0.25, 0.3) is 0 Å². The quantitative estimate of drug-likeness (QED) is 0.732. The number of nitrogens with one attached hydrogen (secondary N) is 2. The molecule has 2 unspecified atom stereocenters. The molecule has 7 heteroatoms. The van der Waals surface area contributed by atoms with Gasteiger partial charge in [-0.1, -0.05) is 38.3 Å². The van der Waals surface area contributed by atoms with E-state index in [9.17, 15) is 9.59 Å². The summed E-state index contributed by atoms with van der Waals surface area (Å²) in [6.45, 7) is 5.55. The average molecular weight is 403 g/mol. The van der Waals surface area contributed by atoms with Crippen LogP contribution in [0.2, 0.25) is 0 Å². The Bertz CT molecular complexity index is 721. The van der Waals surface area contributed by atoms with Crippen LogP contribution in [0.5, 0.6) is 0 Å². The highest BCUT2D eigenvalue weighted by Crippen LogP contribution is 2.33. The van der Waals surface area contributed by atoms with E-state index in [-0.39, 0.29) is 29.7 Å². The van der Waals surface area contributed by atoms with Crippen LogP contribution >= 0.6 is 0 Å². The van der Waals surface area contributed by atoms with Crippen molar-refractivity contribution in [2.45, 2.75) is 89.3 Å². The lowest BCUT2D eigenvalue weighted by Crippen LogP contribution is -2.43. The van der Waals surface area contributed by atoms with Crippen LogP contribution in [0.3, 0.4) is 0 Å². The van der Waals surface area contributed by atoms with Crippen molar-refractivity contribution in [3.05, 3.63) is 17.5 Å². The lowest BCUT2D eigenvalue weighted by Gasteiger charge is -2.26. The van der Waals surface area contributed by atoms with Gasteiger partial charge in [-0.05, 0) is 32.1 Å². The van der Waals surface area contributed by atoms with Gasteiger partial charge in [-0.2, -0.15) is 0 Å². The van der Waals surface area contributed by atoms with Crippen LogP contribution in [-0.2, 0) is 4.79 Å². The Morgan fingerprint density at radius 2 is 1.97 bits per heavy atom. The first-order valence-corrected chi connectivity index (χ1v) is 11.3. The van der Waals surface area contributed by atoms with Crippen molar-refractivity contribution in [3.8, 4) is 0 Å². The zero-order chi connectivity index (χ0) is 20.4. The lowest BCUT2D eigenvalue weighted by molar-refractivity contribution is -0.126. The molecule has 0 bridgehead atoms. The predicted molar refractivity (Wildman–Crippen MR) is 110 cm³/mol. The Labute approximate surface area is 172 Å². The van der Waals surface area contributed by atoms with Crippen LogP contribution in [0.15, 0.2) is 10.6 Å². The highest BCUT2D eigenvalue weighted by molar-refractivity contribution is 5.92. The van der Waals surface area contributed by atoms with E-state index >= 15 is 0 Å². The van der Waals surface area contributed by atoms with E-state index < -0.39 is 0 Å². The van der Waals surface area contributed by atoms with Gasteiger partial charge in [0.15, 0.2) is 5.69 Å². The molecule has 4 rings (SSSR count). The molecule has 7 nitrogen and oxygen atoms in total. The molecule has 1 aromatic rings. The highest BCUT2D eigenvalue weighted by atomic mass is 16.5. The van der Waals surface area contributed by atoms with Gasteiger partial charge in [0.25, 0.3) is 5.91 Å². The number of likely N-dealkylation sites (tertiary alicyclic amines) is 1. The van der Waals surface area contributed by atoms with E-state index in [0.29, 0.717) is 24.3 Å². The Hall–Kier alpha value is -1.89. The highest BCUT2D eigenvalue weighted by Gasteiger charge is 2.41. The predicted octanol–water partition coefficient (Wildman–Crippen LogP) is 2.83. The Balaban J connectivity index is 1.30. The number of carbonyl (C=O) groups excluding carboxylic acids is 2. The number of aromatic nitrogens is 1. The molecule has 2 atom stereocenters. The molecule has 2 aliphatic carbocycles. The summed E-state index contributed by atoms with van der Waals surface area (Å²) in [7, 11) is 0. The summed E-state index contributed by atoms with van der Waals surface area (Å²) in [6.07, 6.45) is 8.95. The molecular formula is C22H34N4O3. The molecule has 0 radical (unpaired) electrons. The standard InChI is InChI=1S/C22H34N4O3/c1-14(2)20-11-19(25-29-20)22(28)24-16-10-18(26(13-16)17-8-9-17)12-23-21(27)15-6-4-3-5-7-15/h11,14-18H,3-10,12-13H2,1-2H3,(H,23,27)(H,24,28). The molecule has 2 saturated carbocycles. The Morgan fingerprint density at radius 3 is 2.62 bits per heavy atom. The second-order valence-corrected chi connectivity index (χ2v) is 9.34. The largest absolute Gasteiger partial charge is 0.360 e. The molecule has 2 amide bonds. The SMILES string of the molecule is CC(C)c1cc(C(=O)NC2CC(CNC(=O)C3CCCCC3)N(C3CC3)C2)no1. The fourth-order valence-corrected chi connectivity index (χ4v) is 4.76. The summed E-state index contributed by atoms with van der Waals surface area (Å²) in [6, 6.07) is 2.71. The maximum atomic E-state index is 12.6. The van der Waals surface area contributed by atoms with E-state index in [1.165, 1.54) is 32.1 Å². The van der Waals surface area contributed by atoms with Gasteiger partial charge < -0.3 is 15.2 Å². The molecule has 0 aromatic carbocycles. The maximum Gasteiger partial charge on any atom is 0.273 e. The van der Waals surface area contributed by atoms with Crippen LogP contribution in [0.1, 0.15) is 87.4 Å². The molecule has 29 heavy (non-hydrogen) atoms. The third kappa shape index (κ3) is 5.00. The van der Waals surface area contributed by atoms with Gasteiger partial charge >= 0.3 is 0 Å². The number of amides is 2. The van der Waals surface area contributed by atoms with Gasteiger partial charge in [-0.15, -0.1) is 0 Å². The van der Waals surface area contributed by atoms with Crippen LogP contribution in [0.4, 0.5) is 0 Å². The lowest BCUT2D eigenvalue weighted by atomic mass is 9.88. The monoisotopic (exact) mass is 402 g/mol. The summed E-state index contributed by atoms with van der Waals surface area (Å²) in [5.41, 5.74) is 0.348. The fraction of sp³-hybridized carbons (Fsp3) is 0.773. The minimum absolute atomic E-state index is 0.0823. The first-order valence-electron chi connectivity index (χ1n) is 11.3. The van der Waals surface area contributed by atoms with Crippen molar-refractivity contribution in [2.75, 3.05) is 13.1 Å². The van der Waals surface area contributed by atoms with Crippen molar-refractivity contribution < 1.29 is 14.1 Å². The van der Waals surface area contributed by atoms with Gasteiger partial charge in [-0.25, -0.2) is 0 Å². The average Bonchev–Trinajstić information content (AvgIpc) is 3.29. The van der Waals surface area contributed by atoms with E-state index in [4.69, 9.17) is 4.52 Å². The molecule has 0 spiro atoms. The Kier molecular flexibility index (Phi) is 6.23. The van der Waals surface area contributed by atoms with E-state index in [0.717, 1.165) is 31.6 Å². The van der Waals surface area contributed by atoms with Crippen LogP contribution < -0.4 is 10.6 Å². The van der Waals surface area contributed by atoms with Gasteiger partial charge in [0.1, 0.15) is 5.76 Å². The zero-order valence-electron chi connectivity index (χ0n) is 17.7. The summed E-state index contributed by atoms with van der Waals surface area (Å²) in [5.74, 6) is 1.17. The second-order valence-electron chi connectivity index (χ2n) is 9.34. The van der Waals surface area contributed by atoms with Gasteiger partial charge in [0.2, 0.25) is 5.91 Å². The minimum atomic E-state index is -0.173. The smallest absolute Gasteiger partial charge is 0.273 e. The molecule has 160 valence electrons. The van der Waals surface area contributed by atoms with Crippen molar-refractivity contribution in [1.29, 1.82) is 0 Å². The van der Waals surface area contributed by atoms with Crippen LogP contribution in [-0.4, -0.2) is 53.1 Å². The summed E-state index contributed by atoms with van der Waals surface area (Å²) in [5, 5.41) is 10.3. The van der Waals surface area contributed by atoms with Crippen molar-refractivity contribution in [2.24, 2.45) is 5.92 Å². The molecule has 3 fully saturated rings. The number of hydrogen-bond acceptors (Lipinski definition) is 5. The third-order valence-corrected chi connectivity index (χ3v) is 6.63. The van der Waals surface area contributed by atoms with Crippen molar-refractivity contribution in [3.63, 3.8) is 0 Å². The molecule has 1 aromatic heterocycles. The van der Waals surface area contributed by atoms with E-state index in [2.05, 4.69) is 20.7 Å². The van der Waals surface area contributed by atoms with Gasteiger partial charge in [-0.3, -0.25) is 14.5 Å². The topological polar surface area (TPSA) is 87.5 Å². The van der Waals surface area contributed by atoms with Crippen molar-refractivity contribution >= 4 is 11.8 Å². The fourth-order valence-electron chi connectivity index (χ4n) is 4.76.